The molecule has 0 aliphatic carbocycles. The van der Waals surface area contributed by atoms with E-state index in [1.54, 1.807) is 6.07 Å². The summed E-state index contributed by atoms with van der Waals surface area (Å²) in [5.41, 5.74) is 0. The van der Waals surface area contributed by atoms with Gasteiger partial charge in [0.25, 0.3) is 11.9 Å². The second-order valence-corrected chi connectivity index (χ2v) is 5.32. The molecule has 1 amide bonds. The molecule has 108 valence electrons. The molecule has 0 fully saturated rings. The van der Waals surface area contributed by atoms with Gasteiger partial charge in [-0.15, -0.1) is 16.4 Å². The van der Waals surface area contributed by atoms with Crippen molar-refractivity contribution in [1.82, 2.24) is 20.6 Å². The molecule has 0 spiro atoms. The molecule has 0 saturated heterocycles. The number of carbonyl (C=O) groups is 1. The average Bonchev–Trinajstić information content (AvgIpc) is 3.07. The van der Waals surface area contributed by atoms with Gasteiger partial charge in [0.05, 0.1) is 17.5 Å². The zero-order valence-corrected chi connectivity index (χ0v) is 12.0. The number of aromatic nitrogens is 4. The Hall–Kier alpha value is -2.26. The molecule has 0 radical (unpaired) electrons. The molecule has 2 N–H and O–H groups in total. The number of carbonyl (C=O) groups excluding carboxylic acids is 1. The number of tetrazole rings is 1. The first-order valence-electron chi connectivity index (χ1n) is 5.61. The Labute approximate surface area is 126 Å². The van der Waals surface area contributed by atoms with Crippen molar-refractivity contribution in [1.29, 1.82) is 0 Å². The molecule has 7 nitrogen and oxygen atoms in total. The van der Waals surface area contributed by atoms with Gasteiger partial charge in [-0.3, -0.25) is 10.1 Å². The van der Waals surface area contributed by atoms with Crippen LogP contribution in [0.5, 0.6) is 5.75 Å². The number of anilines is 1. The van der Waals surface area contributed by atoms with Gasteiger partial charge in [0.2, 0.25) is 0 Å². The first-order valence-corrected chi connectivity index (χ1v) is 6.80. The van der Waals surface area contributed by atoms with E-state index in [-0.39, 0.29) is 27.0 Å². The van der Waals surface area contributed by atoms with Gasteiger partial charge in [-0.1, -0.05) is 16.7 Å². The Bertz CT molecular complexity index is 820. The van der Waals surface area contributed by atoms with E-state index in [2.05, 4.69) is 25.9 Å². The van der Waals surface area contributed by atoms with Gasteiger partial charge in [-0.25, -0.2) is 4.39 Å². The van der Waals surface area contributed by atoms with E-state index in [1.165, 1.54) is 13.2 Å². The highest BCUT2D eigenvalue weighted by molar-refractivity contribution is 7.21. The second-order valence-electron chi connectivity index (χ2n) is 3.89. The van der Waals surface area contributed by atoms with Crippen LogP contribution >= 0.6 is 22.9 Å². The number of hydrogen-bond acceptors (Lipinski definition) is 6. The summed E-state index contributed by atoms with van der Waals surface area (Å²) in [6.07, 6.45) is 0. The zero-order valence-electron chi connectivity index (χ0n) is 10.5. The fourth-order valence-electron chi connectivity index (χ4n) is 1.77. The zero-order chi connectivity index (χ0) is 15.0. The van der Waals surface area contributed by atoms with Crippen LogP contribution in [0.4, 0.5) is 10.3 Å². The predicted octanol–water partition coefficient (Wildman–Crippen LogP) is 2.47. The number of H-pyrrole nitrogens is 1. The minimum Gasteiger partial charge on any atom is -0.494 e. The number of nitrogens with one attached hydrogen (secondary N) is 2. The number of halogens is 2. The molecule has 0 aliphatic heterocycles. The first-order chi connectivity index (χ1) is 10.1. The molecule has 0 aliphatic rings. The monoisotopic (exact) mass is 327 g/mol. The third-order valence-electron chi connectivity index (χ3n) is 2.70. The number of thiophene rings is 1. The van der Waals surface area contributed by atoms with Crippen LogP contribution in [0, 0.1) is 5.82 Å². The summed E-state index contributed by atoms with van der Waals surface area (Å²) < 4.78 is 19.6. The Morgan fingerprint density at radius 1 is 1.52 bits per heavy atom. The number of hydrogen-bond donors (Lipinski definition) is 2. The number of fused-ring (bicyclic) bond motifs is 1. The fraction of sp³-hybridized carbons (Fsp3) is 0.0909. The molecule has 1 aromatic carbocycles. The van der Waals surface area contributed by atoms with E-state index in [0.717, 1.165) is 11.3 Å². The quantitative estimate of drug-likeness (QED) is 0.771. The Balaban J connectivity index is 2.05. The van der Waals surface area contributed by atoms with Crippen LogP contribution in [-0.4, -0.2) is 33.6 Å². The molecule has 3 aromatic rings. The maximum absolute atomic E-state index is 14.2. The van der Waals surface area contributed by atoms with Crippen LogP contribution < -0.4 is 10.1 Å². The van der Waals surface area contributed by atoms with Gasteiger partial charge in [0.1, 0.15) is 4.88 Å². The number of ether oxygens (including phenoxy) is 1. The van der Waals surface area contributed by atoms with Crippen molar-refractivity contribution >= 4 is 44.9 Å². The smallest absolute Gasteiger partial charge is 0.270 e. The highest BCUT2D eigenvalue weighted by Gasteiger charge is 2.22. The summed E-state index contributed by atoms with van der Waals surface area (Å²) in [5, 5.41) is 15.3. The second kappa shape index (κ2) is 5.26. The minimum absolute atomic E-state index is 0.00609. The van der Waals surface area contributed by atoms with Crippen molar-refractivity contribution in [2.75, 3.05) is 12.4 Å². The van der Waals surface area contributed by atoms with Crippen LogP contribution in [0.1, 0.15) is 9.67 Å². The van der Waals surface area contributed by atoms with Crippen molar-refractivity contribution in [3.63, 3.8) is 0 Å². The lowest BCUT2D eigenvalue weighted by molar-refractivity contribution is 0.103. The SMILES string of the molecule is COc1ccc2sc(C(=O)Nc3nn[nH]n3)c(Cl)c2c1F. The van der Waals surface area contributed by atoms with Crippen LogP contribution in [0.15, 0.2) is 12.1 Å². The maximum Gasteiger partial charge on any atom is 0.270 e. The molecular weight excluding hydrogens is 321 g/mol. The summed E-state index contributed by atoms with van der Waals surface area (Å²) in [6.45, 7) is 0. The van der Waals surface area contributed by atoms with Gasteiger partial charge in [-0.2, -0.15) is 5.21 Å². The molecule has 2 heterocycles. The highest BCUT2D eigenvalue weighted by atomic mass is 35.5. The number of amides is 1. The van der Waals surface area contributed by atoms with E-state index < -0.39 is 11.7 Å². The number of methoxy groups -OCH3 is 1. The van der Waals surface area contributed by atoms with Gasteiger partial charge in [-0.05, 0) is 17.3 Å². The molecule has 3 rings (SSSR count). The number of benzene rings is 1. The van der Waals surface area contributed by atoms with Crippen LogP contribution in [0.25, 0.3) is 10.1 Å². The van der Waals surface area contributed by atoms with Gasteiger partial charge in [0, 0.05) is 4.70 Å². The van der Waals surface area contributed by atoms with E-state index in [1.807, 2.05) is 0 Å². The van der Waals surface area contributed by atoms with E-state index in [0.29, 0.717) is 4.70 Å². The summed E-state index contributed by atoms with van der Waals surface area (Å²) in [7, 11) is 1.36. The van der Waals surface area contributed by atoms with Gasteiger partial charge in [0.15, 0.2) is 11.6 Å². The van der Waals surface area contributed by atoms with Crippen molar-refractivity contribution in [2.45, 2.75) is 0 Å². The molecular formula is C11H7ClFN5O2S. The van der Waals surface area contributed by atoms with Crippen molar-refractivity contribution in [3.05, 3.63) is 27.8 Å². The van der Waals surface area contributed by atoms with E-state index >= 15 is 0 Å². The van der Waals surface area contributed by atoms with Crippen molar-refractivity contribution < 1.29 is 13.9 Å². The summed E-state index contributed by atoms with van der Waals surface area (Å²) in [4.78, 5) is 12.3. The van der Waals surface area contributed by atoms with Crippen LogP contribution in [0.2, 0.25) is 5.02 Å². The third kappa shape index (κ3) is 2.30. The lowest BCUT2D eigenvalue weighted by Crippen LogP contribution is -2.11. The lowest BCUT2D eigenvalue weighted by Gasteiger charge is -2.02. The van der Waals surface area contributed by atoms with E-state index in [4.69, 9.17) is 16.3 Å². The van der Waals surface area contributed by atoms with Gasteiger partial charge < -0.3 is 4.74 Å². The summed E-state index contributed by atoms with van der Waals surface area (Å²) in [5.74, 6) is -1.07. The molecule has 0 saturated carbocycles. The Kier molecular flexibility index (Phi) is 3.43. The summed E-state index contributed by atoms with van der Waals surface area (Å²) >= 11 is 7.18. The lowest BCUT2D eigenvalue weighted by atomic mass is 10.2. The number of aromatic amines is 1. The average molecular weight is 328 g/mol. The molecule has 21 heavy (non-hydrogen) atoms. The molecule has 10 heteroatoms. The number of nitrogens with zero attached hydrogens (tertiary/aromatic N) is 3. The number of rotatable bonds is 3. The fourth-order valence-corrected chi connectivity index (χ4v) is 3.20. The first kappa shape index (κ1) is 13.7. The molecule has 0 bridgehead atoms. The van der Waals surface area contributed by atoms with Crippen LogP contribution in [0.3, 0.4) is 0 Å². The minimum atomic E-state index is -0.602. The molecule has 0 unspecified atom stereocenters. The van der Waals surface area contributed by atoms with Gasteiger partial charge >= 0.3 is 0 Å². The van der Waals surface area contributed by atoms with Crippen LogP contribution in [-0.2, 0) is 0 Å². The maximum atomic E-state index is 14.2. The molecule has 2 aromatic heterocycles. The predicted molar refractivity (Wildman–Crippen MR) is 75.5 cm³/mol. The highest BCUT2D eigenvalue weighted by Crippen LogP contribution is 2.39. The van der Waals surface area contributed by atoms with E-state index in [9.17, 15) is 9.18 Å². The normalized spacial score (nSPS) is 10.8. The summed E-state index contributed by atoms with van der Waals surface area (Å²) in [6, 6.07) is 3.12. The molecule has 0 atom stereocenters. The van der Waals surface area contributed by atoms with Crippen molar-refractivity contribution in [2.24, 2.45) is 0 Å². The van der Waals surface area contributed by atoms with Crippen molar-refractivity contribution in [3.8, 4) is 5.75 Å². The Morgan fingerprint density at radius 3 is 3.00 bits per heavy atom. The Morgan fingerprint density at radius 2 is 2.33 bits per heavy atom. The topological polar surface area (TPSA) is 92.8 Å². The standard InChI is InChI=1S/C11H7ClFN5O2S/c1-20-4-2-3-5-6(8(4)13)7(12)9(21-5)10(19)14-11-15-17-18-16-11/h2-3H,1H3,(H2,14,15,16,17,18,19). The largest absolute Gasteiger partial charge is 0.494 e. The third-order valence-corrected chi connectivity index (χ3v) is 4.34.